The van der Waals surface area contributed by atoms with Gasteiger partial charge in [0.05, 0.1) is 3.79 Å². The molecule has 0 amide bonds. The van der Waals surface area contributed by atoms with Gasteiger partial charge in [-0.15, -0.1) is 11.3 Å². The fourth-order valence-electron chi connectivity index (χ4n) is 1.07. The third-order valence-electron chi connectivity index (χ3n) is 1.83. The number of hydrogen-bond donors (Lipinski definition) is 1. The van der Waals surface area contributed by atoms with E-state index in [-0.39, 0.29) is 0 Å². The smallest absolute Gasteiger partial charge is 0.0843 e. The average Bonchev–Trinajstić information content (AvgIpc) is 2.08. The second kappa shape index (κ2) is 3.17. The molecule has 1 aromatic rings. The van der Waals surface area contributed by atoms with Gasteiger partial charge in [0, 0.05) is 15.4 Å². The molecule has 0 aliphatic carbocycles. The molecule has 1 aliphatic rings. The third-order valence-corrected chi connectivity index (χ3v) is 5.20. The third kappa shape index (κ3) is 1.54. The van der Waals surface area contributed by atoms with Gasteiger partial charge in [0.25, 0.3) is 0 Å². The molecule has 0 aromatic carbocycles. The summed E-state index contributed by atoms with van der Waals surface area (Å²) in [6.45, 7) is 1.16. The lowest BCUT2D eigenvalue weighted by Crippen LogP contribution is -2.34. The fourth-order valence-corrected chi connectivity index (χ4v) is 3.27. The Morgan fingerprint density at radius 1 is 1.55 bits per heavy atom. The van der Waals surface area contributed by atoms with Crippen LogP contribution in [0.3, 0.4) is 0 Å². The molecule has 0 spiro atoms. The first-order chi connectivity index (χ1) is 5.27. The molecule has 1 aliphatic heterocycles. The number of halogens is 2. The zero-order chi connectivity index (χ0) is 7.84. The van der Waals surface area contributed by atoms with E-state index < -0.39 is 0 Å². The maximum absolute atomic E-state index is 3.48. The Bertz CT molecular complexity index is 248. The molecule has 2 heterocycles. The lowest BCUT2D eigenvalue weighted by atomic mass is 10.1. The molecular formula is C7H7Br2NS. The topological polar surface area (TPSA) is 12.0 Å². The highest BCUT2D eigenvalue weighted by Gasteiger charge is 2.20. The molecule has 0 radical (unpaired) electrons. The molecular weight excluding hydrogens is 290 g/mol. The molecule has 2 rings (SSSR count). The molecule has 60 valence electrons. The maximum atomic E-state index is 3.48. The summed E-state index contributed by atoms with van der Waals surface area (Å²) in [6, 6.07) is 2.80. The normalized spacial score (nSPS) is 23.3. The van der Waals surface area contributed by atoms with Crippen LogP contribution in [-0.2, 0) is 0 Å². The van der Waals surface area contributed by atoms with E-state index in [1.54, 1.807) is 11.3 Å². The Balaban J connectivity index is 2.24. The van der Waals surface area contributed by atoms with Crippen LogP contribution in [0.2, 0.25) is 0 Å². The zero-order valence-corrected chi connectivity index (χ0v) is 9.72. The SMILES string of the molecule is Brc1cc([C@@H]2CCN2)sc1Br. The summed E-state index contributed by atoms with van der Waals surface area (Å²) in [5, 5.41) is 3.37. The molecule has 1 N–H and O–H groups in total. The highest BCUT2D eigenvalue weighted by Crippen LogP contribution is 2.37. The van der Waals surface area contributed by atoms with Crippen molar-refractivity contribution in [1.82, 2.24) is 5.32 Å². The van der Waals surface area contributed by atoms with E-state index in [1.165, 1.54) is 19.6 Å². The minimum atomic E-state index is 0.614. The lowest BCUT2D eigenvalue weighted by molar-refractivity contribution is 0.389. The molecule has 0 unspecified atom stereocenters. The zero-order valence-electron chi connectivity index (χ0n) is 5.73. The minimum absolute atomic E-state index is 0.614. The largest absolute Gasteiger partial charge is 0.309 e. The summed E-state index contributed by atoms with van der Waals surface area (Å²) in [6.07, 6.45) is 1.28. The van der Waals surface area contributed by atoms with Gasteiger partial charge in [-0.25, -0.2) is 0 Å². The van der Waals surface area contributed by atoms with Crippen molar-refractivity contribution in [2.75, 3.05) is 6.54 Å². The van der Waals surface area contributed by atoms with Crippen LogP contribution in [0.5, 0.6) is 0 Å². The molecule has 1 atom stereocenters. The van der Waals surface area contributed by atoms with Crippen LogP contribution in [0.25, 0.3) is 0 Å². The van der Waals surface area contributed by atoms with Crippen LogP contribution in [0.4, 0.5) is 0 Å². The number of hydrogen-bond acceptors (Lipinski definition) is 2. The Hall–Kier alpha value is 0.620. The predicted molar refractivity (Wildman–Crippen MR) is 55.1 cm³/mol. The second-order valence-electron chi connectivity index (χ2n) is 2.57. The predicted octanol–water partition coefficient (Wildman–Crippen LogP) is 3.31. The van der Waals surface area contributed by atoms with Crippen LogP contribution in [0, 0.1) is 0 Å². The van der Waals surface area contributed by atoms with Crippen molar-refractivity contribution in [3.63, 3.8) is 0 Å². The summed E-state index contributed by atoms with van der Waals surface area (Å²) in [5.74, 6) is 0. The summed E-state index contributed by atoms with van der Waals surface area (Å²) >= 11 is 8.76. The molecule has 1 saturated heterocycles. The molecule has 1 nitrogen and oxygen atoms in total. The summed E-state index contributed by atoms with van der Waals surface area (Å²) in [5.41, 5.74) is 0. The van der Waals surface area contributed by atoms with E-state index in [0.717, 1.165) is 6.54 Å². The Kier molecular flexibility index (Phi) is 2.37. The van der Waals surface area contributed by atoms with Gasteiger partial charge in [0.15, 0.2) is 0 Å². The monoisotopic (exact) mass is 295 g/mol. The van der Waals surface area contributed by atoms with Crippen molar-refractivity contribution < 1.29 is 0 Å². The highest BCUT2D eigenvalue weighted by atomic mass is 79.9. The van der Waals surface area contributed by atoms with E-state index >= 15 is 0 Å². The lowest BCUT2D eigenvalue weighted by Gasteiger charge is -2.26. The molecule has 0 bridgehead atoms. The standard InChI is InChI=1S/C7H7Br2NS/c8-4-3-6(11-7(4)9)5-1-2-10-5/h3,5,10H,1-2H2/t5-/m0/s1. The van der Waals surface area contributed by atoms with Crippen LogP contribution in [-0.4, -0.2) is 6.54 Å². The Morgan fingerprint density at radius 2 is 2.27 bits per heavy atom. The van der Waals surface area contributed by atoms with E-state index in [2.05, 4.69) is 43.2 Å². The van der Waals surface area contributed by atoms with Crippen molar-refractivity contribution in [2.24, 2.45) is 0 Å². The highest BCUT2D eigenvalue weighted by molar-refractivity contribution is 9.13. The van der Waals surface area contributed by atoms with Crippen molar-refractivity contribution in [3.05, 3.63) is 19.2 Å². The first-order valence-electron chi connectivity index (χ1n) is 3.45. The Labute approximate surface area is 86.4 Å². The van der Waals surface area contributed by atoms with Gasteiger partial charge in [-0.05, 0) is 50.9 Å². The van der Waals surface area contributed by atoms with E-state index in [4.69, 9.17) is 0 Å². The van der Waals surface area contributed by atoms with Crippen molar-refractivity contribution >= 4 is 43.2 Å². The van der Waals surface area contributed by atoms with E-state index in [0.29, 0.717) is 6.04 Å². The fraction of sp³-hybridized carbons (Fsp3) is 0.429. The maximum Gasteiger partial charge on any atom is 0.0843 e. The van der Waals surface area contributed by atoms with Gasteiger partial charge in [-0.2, -0.15) is 0 Å². The van der Waals surface area contributed by atoms with Gasteiger partial charge < -0.3 is 5.32 Å². The van der Waals surface area contributed by atoms with Crippen molar-refractivity contribution in [2.45, 2.75) is 12.5 Å². The quantitative estimate of drug-likeness (QED) is 0.838. The van der Waals surface area contributed by atoms with Gasteiger partial charge in [0.2, 0.25) is 0 Å². The van der Waals surface area contributed by atoms with Gasteiger partial charge in [-0.3, -0.25) is 0 Å². The number of nitrogens with one attached hydrogen (secondary N) is 1. The van der Waals surface area contributed by atoms with Crippen LogP contribution in [0.1, 0.15) is 17.3 Å². The molecule has 1 fully saturated rings. The molecule has 1 aromatic heterocycles. The van der Waals surface area contributed by atoms with E-state index in [1.807, 2.05) is 0 Å². The average molecular weight is 297 g/mol. The van der Waals surface area contributed by atoms with Gasteiger partial charge in [0.1, 0.15) is 0 Å². The minimum Gasteiger partial charge on any atom is -0.309 e. The summed E-state index contributed by atoms with van der Waals surface area (Å²) in [7, 11) is 0. The summed E-state index contributed by atoms with van der Waals surface area (Å²) in [4.78, 5) is 1.43. The van der Waals surface area contributed by atoms with E-state index in [9.17, 15) is 0 Å². The first-order valence-corrected chi connectivity index (χ1v) is 5.86. The molecule has 11 heavy (non-hydrogen) atoms. The Morgan fingerprint density at radius 3 is 2.64 bits per heavy atom. The number of thiophene rings is 1. The first kappa shape index (κ1) is 8.23. The van der Waals surface area contributed by atoms with Crippen LogP contribution >= 0.6 is 43.2 Å². The molecule has 4 heteroatoms. The van der Waals surface area contributed by atoms with Gasteiger partial charge >= 0.3 is 0 Å². The van der Waals surface area contributed by atoms with Crippen LogP contribution in [0.15, 0.2) is 14.3 Å². The number of rotatable bonds is 1. The summed E-state index contributed by atoms with van der Waals surface area (Å²) < 4.78 is 2.37. The van der Waals surface area contributed by atoms with Gasteiger partial charge in [-0.1, -0.05) is 0 Å². The van der Waals surface area contributed by atoms with Crippen LogP contribution < -0.4 is 5.32 Å². The van der Waals surface area contributed by atoms with Crippen molar-refractivity contribution in [1.29, 1.82) is 0 Å². The van der Waals surface area contributed by atoms with Crippen molar-refractivity contribution in [3.8, 4) is 0 Å². The molecule has 0 saturated carbocycles. The second-order valence-corrected chi connectivity index (χ2v) is 5.82.